The lowest BCUT2D eigenvalue weighted by atomic mass is 10.0. The van der Waals surface area contributed by atoms with Crippen LogP contribution in [0.4, 0.5) is 0 Å². The summed E-state index contributed by atoms with van der Waals surface area (Å²) in [4.78, 5) is 26.2. The number of hydrogen-bond acceptors (Lipinski definition) is 5. The largest absolute Gasteiger partial charge is 0.462 e. The molecule has 0 aliphatic carbocycles. The first-order valence-corrected chi connectivity index (χ1v) is 27.3. The average Bonchev–Trinajstić information content (AvgIpc) is 3.30. The first-order valence-electron chi connectivity index (χ1n) is 27.3. The minimum absolute atomic E-state index is 0.0276. The molecule has 3 unspecified atom stereocenters. The molecule has 0 aliphatic rings. The van der Waals surface area contributed by atoms with E-state index in [0.717, 1.165) is 96.3 Å². The second-order valence-electron chi connectivity index (χ2n) is 18.3. The summed E-state index contributed by atoms with van der Waals surface area (Å²) in [6.45, 7) is 6.35. The van der Waals surface area contributed by atoms with Gasteiger partial charge in [-0.2, -0.15) is 0 Å². The van der Waals surface area contributed by atoms with E-state index < -0.39 is 18.2 Å². The number of ether oxygens (including phenoxy) is 1. The Morgan fingerprint density at radius 1 is 0.477 bits per heavy atom. The number of esters is 1. The molecule has 0 aliphatic heterocycles. The Balaban J connectivity index is 4.69. The van der Waals surface area contributed by atoms with Crippen LogP contribution in [-0.4, -0.2) is 46.9 Å². The zero-order valence-electron chi connectivity index (χ0n) is 42.6. The standard InChI is InChI=1S/C59H103NO5/c1-4-7-10-13-16-19-22-25-27-28-29-30-31-34-37-40-43-46-49-52-59(64)65-55(50-47-44-41-38-35-33-26-23-20-17-14-11-8-5-2)53-58(63)60-56(54-61)57(62)51-48-45-42-39-36-32-24-21-18-15-12-9-6-3/h7,10,16,19,25,27,29-30,33-35,37-38,41,55-57,61-62H,4-6,8-9,11-15,17-18,20-24,26,28,31-32,36,39-40,42-54H2,1-3H3,(H,60,63)/b10-7-,19-16-,27-25-,30-29-,35-33+,37-34-,41-38+. The molecule has 6 heteroatoms. The van der Waals surface area contributed by atoms with E-state index in [-0.39, 0.29) is 24.9 Å². The molecule has 65 heavy (non-hydrogen) atoms. The van der Waals surface area contributed by atoms with Crippen molar-refractivity contribution in [3.05, 3.63) is 85.1 Å². The van der Waals surface area contributed by atoms with Gasteiger partial charge in [0, 0.05) is 6.42 Å². The number of rotatable bonds is 48. The normalized spacial score (nSPS) is 13.9. The minimum atomic E-state index is -0.809. The second-order valence-corrected chi connectivity index (χ2v) is 18.3. The van der Waals surface area contributed by atoms with E-state index in [1.165, 1.54) is 109 Å². The number of allylic oxidation sites excluding steroid dienone is 14. The monoisotopic (exact) mass is 906 g/mol. The van der Waals surface area contributed by atoms with Gasteiger partial charge in [0.05, 0.1) is 25.2 Å². The maximum atomic E-state index is 13.2. The molecule has 0 aromatic rings. The first-order chi connectivity index (χ1) is 32.0. The van der Waals surface area contributed by atoms with Gasteiger partial charge in [-0.15, -0.1) is 0 Å². The summed E-state index contributed by atoms with van der Waals surface area (Å²) in [5.41, 5.74) is 0. The molecule has 0 spiro atoms. The van der Waals surface area contributed by atoms with Crippen molar-refractivity contribution in [2.75, 3.05) is 6.61 Å². The smallest absolute Gasteiger partial charge is 0.306 e. The van der Waals surface area contributed by atoms with Crippen LogP contribution < -0.4 is 5.32 Å². The molecule has 0 rings (SSSR count). The summed E-state index contributed by atoms with van der Waals surface area (Å²) < 4.78 is 5.91. The van der Waals surface area contributed by atoms with Gasteiger partial charge < -0.3 is 20.3 Å². The van der Waals surface area contributed by atoms with E-state index in [4.69, 9.17) is 4.74 Å². The average molecular weight is 906 g/mol. The fourth-order valence-electron chi connectivity index (χ4n) is 7.87. The van der Waals surface area contributed by atoms with E-state index in [1.54, 1.807) is 0 Å². The van der Waals surface area contributed by atoms with Gasteiger partial charge in [-0.3, -0.25) is 9.59 Å². The zero-order valence-corrected chi connectivity index (χ0v) is 42.6. The van der Waals surface area contributed by atoms with Crippen LogP contribution in [0.3, 0.4) is 0 Å². The van der Waals surface area contributed by atoms with Crippen LogP contribution in [0.15, 0.2) is 85.1 Å². The highest BCUT2D eigenvalue weighted by Crippen LogP contribution is 2.17. The maximum Gasteiger partial charge on any atom is 0.306 e. The fraction of sp³-hybridized carbons (Fsp3) is 0.729. The van der Waals surface area contributed by atoms with Crippen molar-refractivity contribution < 1.29 is 24.5 Å². The van der Waals surface area contributed by atoms with Crippen LogP contribution >= 0.6 is 0 Å². The van der Waals surface area contributed by atoms with Gasteiger partial charge in [0.25, 0.3) is 0 Å². The van der Waals surface area contributed by atoms with Crippen molar-refractivity contribution in [1.29, 1.82) is 0 Å². The van der Waals surface area contributed by atoms with Crippen LogP contribution in [0.1, 0.15) is 252 Å². The number of nitrogens with one attached hydrogen (secondary N) is 1. The van der Waals surface area contributed by atoms with Crippen molar-refractivity contribution in [2.24, 2.45) is 0 Å². The highest BCUT2D eigenvalue weighted by Gasteiger charge is 2.24. The SMILES string of the molecule is CC/C=C\C/C=C\C/C=C\C/C=C\C/C=C\CCCCCC(=O)OC(CCC/C=C/C=C/CCCCCCCCC)CC(=O)NC(CO)C(O)CCCCCCCCCCCCCCC. The lowest BCUT2D eigenvalue weighted by Crippen LogP contribution is -2.46. The fourth-order valence-corrected chi connectivity index (χ4v) is 7.87. The summed E-state index contributed by atoms with van der Waals surface area (Å²) in [5, 5.41) is 23.8. The molecule has 374 valence electrons. The lowest BCUT2D eigenvalue weighted by molar-refractivity contribution is -0.151. The number of aliphatic hydroxyl groups excluding tert-OH is 2. The quantitative estimate of drug-likeness (QED) is 0.0245. The van der Waals surface area contributed by atoms with E-state index in [9.17, 15) is 19.8 Å². The number of aliphatic hydroxyl groups is 2. The van der Waals surface area contributed by atoms with Crippen LogP contribution in [0.25, 0.3) is 0 Å². The van der Waals surface area contributed by atoms with Gasteiger partial charge in [-0.25, -0.2) is 0 Å². The Hall–Kier alpha value is -2.96. The Bertz CT molecular complexity index is 1250. The first kappa shape index (κ1) is 62.0. The van der Waals surface area contributed by atoms with Crippen LogP contribution in [0.5, 0.6) is 0 Å². The molecule has 6 nitrogen and oxygen atoms in total. The summed E-state index contributed by atoms with van der Waals surface area (Å²) in [5.74, 6) is -0.560. The Morgan fingerprint density at radius 2 is 0.892 bits per heavy atom. The number of carbonyl (C=O) groups is 2. The zero-order chi connectivity index (χ0) is 47.4. The van der Waals surface area contributed by atoms with Crippen molar-refractivity contribution in [3.63, 3.8) is 0 Å². The van der Waals surface area contributed by atoms with Crippen LogP contribution in [0.2, 0.25) is 0 Å². The molecule has 0 aromatic heterocycles. The van der Waals surface area contributed by atoms with Gasteiger partial charge in [0.15, 0.2) is 0 Å². The maximum absolute atomic E-state index is 13.2. The third-order valence-corrected chi connectivity index (χ3v) is 12.0. The van der Waals surface area contributed by atoms with E-state index in [2.05, 4.69) is 111 Å². The molecular weight excluding hydrogens is 803 g/mol. The molecule has 0 bridgehead atoms. The Labute approximate surface area is 402 Å². The third kappa shape index (κ3) is 47.3. The predicted molar refractivity (Wildman–Crippen MR) is 282 cm³/mol. The molecule has 0 saturated carbocycles. The number of hydrogen-bond donors (Lipinski definition) is 3. The van der Waals surface area contributed by atoms with E-state index in [0.29, 0.717) is 19.3 Å². The highest BCUT2D eigenvalue weighted by atomic mass is 16.5. The van der Waals surface area contributed by atoms with E-state index in [1.807, 2.05) is 0 Å². The summed E-state index contributed by atoms with van der Waals surface area (Å²) in [6.07, 6.45) is 67.9. The van der Waals surface area contributed by atoms with Crippen molar-refractivity contribution >= 4 is 11.9 Å². The van der Waals surface area contributed by atoms with Gasteiger partial charge in [-0.1, -0.05) is 234 Å². The molecule has 3 atom stereocenters. The summed E-state index contributed by atoms with van der Waals surface area (Å²) >= 11 is 0. The number of carbonyl (C=O) groups excluding carboxylic acids is 2. The molecule has 0 aromatic carbocycles. The molecule has 0 radical (unpaired) electrons. The molecule has 0 saturated heterocycles. The molecule has 0 heterocycles. The van der Waals surface area contributed by atoms with E-state index >= 15 is 0 Å². The molecule has 0 fully saturated rings. The Kier molecular flexibility index (Phi) is 49.6. The molecule has 1 amide bonds. The third-order valence-electron chi connectivity index (χ3n) is 12.0. The van der Waals surface area contributed by atoms with Gasteiger partial charge >= 0.3 is 5.97 Å². The van der Waals surface area contributed by atoms with Crippen molar-refractivity contribution in [3.8, 4) is 0 Å². The lowest BCUT2D eigenvalue weighted by Gasteiger charge is -2.24. The minimum Gasteiger partial charge on any atom is -0.462 e. The van der Waals surface area contributed by atoms with Gasteiger partial charge in [0.2, 0.25) is 5.91 Å². The van der Waals surface area contributed by atoms with Crippen molar-refractivity contribution in [1.82, 2.24) is 5.32 Å². The summed E-state index contributed by atoms with van der Waals surface area (Å²) in [7, 11) is 0. The number of amides is 1. The Morgan fingerprint density at radius 3 is 1.38 bits per heavy atom. The van der Waals surface area contributed by atoms with Crippen LogP contribution in [-0.2, 0) is 14.3 Å². The molecule has 3 N–H and O–H groups in total. The van der Waals surface area contributed by atoms with Gasteiger partial charge in [-0.05, 0) is 89.9 Å². The summed E-state index contributed by atoms with van der Waals surface area (Å²) in [6, 6.07) is -0.727. The molecular formula is C59H103NO5. The highest BCUT2D eigenvalue weighted by molar-refractivity contribution is 5.77. The van der Waals surface area contributed by atoms with Crippen LogP contribution in [0, 0.1) is 0 Å². The van der Waals surface area contributed by atoms with Gasteiger partial charge in [0.1, 0.15) is 6.10 Å². The second kappa shape index (κ2) is 52.0. The predicted octanol–water partition coefficient (Wildman–Crippen LogP) is 16.7. The topological polar surface area (TPSA) is 95.9 Å². The van der Waals surface area contributed by atoms with Crippen molar-refractivity contribution in [2.45, 2.75) is 270 Å². The number of unbranched alkanes of at least 4 members (excludes halogenated alkanes) is 23.